The van der Waals surface area contributed by atoms with Gasteiger partial charge in [-0.3, -0.25) is 4.79 Å². The molecule has 0 unspecified atom stereocenters. The molecule has 118 valence electrons. The zero-order valence-electron chi connectivity index (χ0n) is 13.0. The summed E-state index contributed by atoms with van der Waals surface area (Å²) < 4.78 is 11.3. The van der Waals surface area contributed by atoms with Crippen LogP contribution < -0.4 is 15.0 Å². The maximum absolute atomic E-state index is 11.8. The molecule has 2 heterocycles. The summed E-state index contributed by atoms with van der Waals surface area (Å²) in [6.45, 7) is 2.85. The highest BCUT2D eigenvalue weighted by Crippen LogP contribution is 2.31. The van der Waals surface area contributed by atoms with Crippen LogP contribution in [0.25, 0.3) is 10.9 Å². The largest absolute Gasteiger partial charge is 0.493 e. The van der Waals surface area contributed by atoms with Gasteiger partial charge >= 0.3 is 0 Å². The van der Waals surface area contributed by atoms with Crippen LogP contribution in [-0.2, 0) is 0 Å². The standard InChI is InChI=1S/C16H21N3O3/c1-19-5-3-4-11(8-19)9-22-15-7-13-12(6-14(15)21-2)16(20)18-10-17-13/h6-7,10-11H,3-5,8-9H2,1-2H3,(H,17,18,20)/t11-/m0/s1. The first-order valence-corrected chi connectivity index (χ1v) is 7.54. The van der Waals surface area contributed by atoms with E-state index in [0.717, 1.165) is 13.1 Å². The number of rotatable bonds is 4. The first-order chi connectivity index (χ1) is 10.7. The molecule has 6 nitrogen and oxygen atoms in total. The number of benzene rings is 1. The van der Waals surface area contributed by atoms with Crippen LogP contribution in [0.1, 0.15) is 12.8 Å². The van der Waals surface area contributed by atoms with Gasteiger partial charge in [0.15, 0.2) is 11.5 Å². The number of fused-ring (bicyclic) bond motifs is 1. The van der Waals surface area contributed by atoms with Gasteiger partial charge in [0.05, 0.1) is 30.9 Å². The molecule has 0 radical (unpaired) electrons. The number of nitrogens with zero attached hydrogens (tertiary/aromatic N) is 2. The molecule has 0 spiro atoms. The van der Waals surface area contributed by atoms with Gasteiger partial charge in [-0.2, -0.15) is 0 Å². The van der Waals surface area contributed by atoms with E-state index in [2.05, 4.69) is 21.9 Å². The van der Waals surface area contributed by atoms with Crippen LogP contribution in [0.5, 0.6) is 11.5 Å². The second-order valence-corrected chi connectivity index (χ2v) is 5.83. The van der Waals surface area contributed by atoms with E-state index < -0.39 is 0 Å². The normalized spacial score (nSPS) is 19.3. The number of hydrogen-bond donors (Lipinski definition) is 1. The first kappa shape index (κ1) is 14.8. The van der Waals surface area contributed by atoms with Crippen LogP contribution in [0.2, 0.25) is 0 Å². The molecule has 0 bridgehead atoms. The Bertz CT molecular complexity index is 713. The van der Waals surface area contributed by atoms with Crippen molar-refractivity contribution in [2.24, 2.45) is 5.92 Å². The molecule has 0 amide bonds. The smallest absolute Gasteiger partial charge is 0.258 e. The zero-order valence-corrected chi connectivity index (χ0v) is 13.0. The highest BCUT2D eigenvalue weighted by molar-refractivity contribution is 5.81. The maximum Gasteiger partial charge on any atom is 0.258 e. The fraction of sp³-hybridized carbons (Fsp3) is 0.500. The molecule has 2 aromatic rings. The van der Waals surface area contributed by atoms with E-state index in [0.29, 0.717) is 34.9 Å². The second-order valence-electron chi connectivity index (χ2n) is 5.83. The van der Waals surface area contributed by atoms with Gasteiger partial charge in [0.25, 0.3) is 5.56 Å². The van der Waals surface area contributed by atoms with Gasteiger partial charge in [0.1, 0.15) is 0 Å². The third-order valence-electron chi connectivity index (χ3n) is 4.12. The molecule has 1 aliphatic heterocycles. The Hall–Kier alpha value is -2.08. The van der Waals surface area contributed by atoms with Crippen molar-refractivity contribution >= 4 is 10.9 Å². The summed E-state index contributed by atoms with van der Waals surface area (Å²) in [4.78, 5) is 20.9. The molecular weight excluding hydrogens is 282 g/mol. The molecule has 1 saturated heterocycles. The highest BCUT2D eigenvalue weighted by Gasteiger charge is 2.19. The lowest BCUT2D eigenvalue weighted by Gasteiger charge is -2.29. The topological polar surface area (TPSA) is 67.5 Å². The van der Waals surface area contributed by atoms with Crippen molar-refractivity contribution in [3.05, 3.63) is 28.8 Å². The van der Waals surface area contributed by atoms with E-state index in [9.17, 15) is 4.79 Å². The van der Waals surface area contributed by atoms with Crippen LogP contribution in [0, 0.1) is 5.92 Å². The molecular formula is C16H21N3O3. The summed E-state index contributed by atoms with van der Waals surface area (Å²) in [6, 6.07) is 3.46. The van der Waals surface area contributed by atoms with Crippen LogP contribution >= 0.6 is 0 Å². The lowest BCUT2D eigenvalue weighted by atomic mass is 9.99. The molecule has 0 aliphatic carbocycles. The Labute approximate surface area is 129 Å². The average Bonchev–Trinajstić information content (AvgIpc) is 2.52. The Morgan fingerprint density at radius 3 is 3.05 bits per heavy atom. The minimum atomic E-state index is -0.177. The van der Waals surface area contributed by atoms with Gasteiger partial charge in [0.2, 0.25) is 0 Å². The SMILES string of the molecule is COc1cc2c(=O)[nH]cnc2cc1OC[C@H]1CCCN(C)C1. The number of aromatic amines is 1. The zero-order chi connectivity index (χ0) is 15.5. The fourth-order valence-electron chi connectivity index (χ4n) is 2.97. The molecule has 3 rings (SSSR count). The molecule has 6 heteroatoms. The van der Waals surface area contributed by atoms with Crippen LogP contribution in [-0.4, -0.2) is 48.7 Å². The van der Waals surface area contributed by atoms with E-state index in [1.54, 1.807) is 19.2 Å². The molecule has 1 aliphatic rings. The Balaban J connectivity index is 1.82. The lowest BCUT2D eigenvalue weighted by Crippen LogP contribution is -2.34. The first-order valence-electron chi connectivity index (χ1n) is 7.54. The van der Waals surface area contributed by atoms with Gasteiger partial charge in [0, 0.05) is 18.5 Å². The predicted octanol–water partition coefficient (Wildman–Crippen LogP) is 1.65. The van der Waals surface area contributed by atoms with Gasteiger partial charge in [-0.05, 0) is 32.5 Å². The third kappa shape index (κ3) is 3.06. The van der Waals surface area contributed by atoms with E-state index in [-0.39, 0.29) is 5.56 Å². The van der Waals surface area contributed by atoms with Crippen LogP contribution in [0.3, 0.4) is 0 Å². The third-order valence-corrected chi connectivity index (χ3v) is 4.12. The number of ether oxygens (including phenoxy) is 2. The van der Waals surface area contributed by atoms with Crippen LogP contribution in [0.15, 0.2) is 23.3 Å². The average molecular weight is 303 g/mol. The number of likely N-dealkylation sites (tertiary alicyclic amines) is 1. The van der Waals surface area contributed by atoms with Gasteiger partial charge in [-0.1, -0.05) is 0 Å². The van der Waals surface area contributed by atoms with Crippen molar-refractivity contribution in [2.45, 2.75) is 12.8 Å². The molecule has 1 fully saturated rings. The minimum Gasteiger partial charge on any atom is -0.493 e. The van der Waals surface area contributed by atoms with Crippen molar-refractivity contribution in [3.63, 3.8) is 0 Å². The number of piperidine rings is 1. The Morgan fingerprint density at radius 2 is 2.27 bits per heavy atom. The van der Waals surface area contributed by atoms with E-state index in [4.69, 9.17) is 9.47 Å². The lowest BCUT2D eigenvalue weighted by molar-refractivity contribution is 0.148. The van der Waals surface area contributed by atoms with Crippen molar-refractivity contribution in [1.29, 1.82) is 0 Å². The second kappa shape index (κ2) is 6.36. The summed E-state index contributed by atoms with van der Waals surface area (Å²) in [5.41, 5.74) is 0.434. The highest BCUT2D eigenvalue weighted by atomic mass is 16.5. The molecule has 0 saturated carbocycles. The summed E-state index contributed by atoms with van der Waals surface area (Å²) >= 11 is 0. The monoisotopic (exact) mass is 303 g/mol. The molecule has 22 heavy (non-hydrogen) atoms. The van der Waals surface area contributed by atoms with Gasteiger partial charge in [-0.25, -0.2) is 4.98 Å². The number of hydrogen-bond acceptors (Lipinski definition) is 5. The molecule has 1 N–H and O–H groups in total. The van der Waals surface area contributed by atoms with E-state index in [1.807, 2.05) is 0 Å². The number of H-pyrrole nitrogens is 1. The molecule has 1 aromatic carbocycles. The summed E-state index contributed by atoms with van der Waals surface area (Å²) in [6.07, 6.45) is 3.78. The van der Waals surface area contributed by atoms with E-state index in [1.165, 1.54) is 19.2 Å². The van der Waals surface area contributed by atoms with Crippen molar-refractivity contribution in [2.75, 3.05) is 33.9 Å². The van der Waals surface area contributed by atoms with Crippen molar-refractivity contribution < 1.29 is 9.47 Å². The van der Waals surface area contributed by atoms with Crippen molar-refractivity contribution in [1.82, 2.24) is 14.9 Å². The molecule has 1 aromatic heterocycles. The van der Waals surface area contributed by atoms with Crippen molar-refractivity contribution in [3.8, 4) is 11.5 Å². The maximum atomic E-state index is 11.8. The Kier molecular flexibility index (Phi) is 4.29. The minimum absolute atomic E-state index is 0.177. The number of aromatic nitrogens is 2. The predicted molar refractivity (Wildman–Crippen MR) is 84.6 cm³/mol. The quantitative estimate of drug-likeness (QED) is 0.930. The number of nitrogens with one attached hydrogen (secondary N) is 1. The fourth-order valence-corrected chi connectivity index (χ4v) is 2.97. The number of methoxy groups -OCH3 is 1. The summed E-state index contributed by atoms with van der Waals surface area (Å²) in [7, 11) is 3.71. The van der Waals surface area contributed by atoms with Gasteiger partial charge in [-0.15, -0.1) is 0 Å². The van der Waals surface area contributed by atoms with Gasteiger partial charge < -0.3 is 19.4 Å². The molecule has 1 atom stereocenters. The summed E-state index contributed by atoms with van der Waals surface area (Å²) in [5, 5.41) is 0.504. The Morgan fingerprint density at radius 1 is 1.41 bits per heavy atom. The summed E-state index contributed by atoms with van der Waals surface area (Å²) in [5.74, 6) is 1.72. The van der Waals surface area contributed by atoms with Crippen LogP contribution in [0.4, 0.5) is 0 Å². The van der Waals surface area contributed by atoms with E-state index >= 15 is 0 Å².